The molecule has 0 radical (unpaired) electrons. The molecule has 1 aliphatic heterocycles. The highest BCUT2D eigenvalue weighted by molar-refractivity contribution is 7.13. The molecule has 116 valence electrons. The zero-order valence-electron chi connectivity index (χ0n) is 12.7. The maximum Gasteiger partial charge on any atom is 0.231 e. The van der Waals surface area contributed by atoms with Crippen LogP contribution in [0, 0.1) is 5.92 Å². The zero-order valence-corrected chi connectivity index (χ0v) is 13.5. The predicted octanol–water partition coefficient (Wildman–Crippen LogP) is 2.68. The third-order valence-electron chi connectivity index (χ3n) is 3.74. The van der Waals surface area contributed by atoms with E-state index in [0.29, 0.717) is 18.1 Å². The minimum Gasteiger partial charge on any atom is -0.342 e. The first-order valence-electron chi connectivity index (χ1n) is 7.67. The fourth-order valence-electron chi connectivity index (χ4n) is 2.58. The SMILES string of the molecule is CCCc1csc(NC(=O)[C@@H]2CCCN(C(=O)CC)C2)n1. The first kappa shape index (κ1) is 15.9. The van der Waals surface area contributed by atoms with E-state index in [4.69, 9.17) is 0 Å². The Morgan fingerprint density at radius 3 is 3.00 bits per heavy atom. The first-order chi connectivity index (χ1) is 10.1. The summed E-state index contributed by atoms with van der Waals surface area (Å²) >= 11 is 1.47. The van der Waals surface area contributed by atoms with Crippen molar-refractivity contribution in [1.29, 1.82) is 0 Å². The van der Waals surface area contributed by atoms with Gasteiger partial charge in [0.25, 0.3) is 0 Å². The standard InChI is InChI=1S/C15H23N3O2S/c1-3-6-12-10-21-15(16-12)17-14(20)11-7-5-8-18(9-11)13(19)4-2/h10-11H,3-9H2,1-2H3,(H,16,17,20)/t11-/m1/s1. The quantitative estimate of drug-likeness (QED) is 0.909. The molecule has 0 saturated carbocycles. The van der Waals surface area contributed by atoms with Gasteiger partial charge >= 0.3 is 0 Å². The van der Waals surface area contributed by atoms with Crippen LogP contribution in [-0.4, -0.2) is 34.8 Å². The molecule has 2 rings (SSSR count). The van der Waals surface area contributed by atoms with Crippen molar-refractivity contribution in [2.45, 2.75) is 46.0 Å². The highest BCUT2D eigenvalue weighted by Crippen LogP contribution is 2.21. The number of amides is 2. The lowest BCUT2D eigenvalue weighted by Gasteiger charge is -2.31. The molecule has 2 amide bonds. The maximum atomic E-state index is 12.3. The summed E-state index contributed by atoms with van der Waals surface area (Å²) in [5, 5.41) is 5.56. The Morgan fingerprint density at radius 2 is 2.29 bits per heavy atom. The van der Waals surface area contributed by atoms with Crippen molar-refractivity contribution >= 4 is 28.3 Å². The Bertz CT molecular complexity index is 501. The number of nitrogens with one attached hydrogen (secondary N) is 1. The second-order valence-corrected chi connectivity index (χ2v) is 6.27. The van der Waals surface area contributed by atoms with Gasteiger partial charge in [0, 0.05) is 24.9 Å². The van der Waals surface area contributed by atoms with Gasteiger partial charge in [-0.3, -0.25) is 9.59 Å². The van der Waals surface area contributed by atoms with Gasteiger partial charge in [-0.2, -0.15) is 0 Å². The van der Waals surface area contributed by atoms with Crippen LogP contribution < -0.4 is 5.32 Å². The Hall–Kier alpha value is -1.43. The lowest BCUT2D eigenvalue weighted by molar-refractivity contribution is -0.134. The van der Waals surface area contributed by atoms with Crippen LogP contribution in [0.2, 0.25) is 0 Å². The van der Waals surface area contributed by atoms with Crippen molar-refractivity contribution in [3.05, 3.63) is 11.1 Å². The summed E-state index contributed by atoms with van der Waals surface area (Å²) < 4.78 is 0. The second-order valence-electron chi connectivity index (χ2n) is 5.42. The van der Waals surface area contributed by atoms with Crippen LogP contribution in [0.3, 0.4) is 0 Å². The normalized spacial score (nSPS) is 18.6. The van der Waals surface area contributed by atoms with E-state index in [1.807, 2.05) is 12.3 Å². The second kappa shape index (κ2) is 7.54. The summed E-state index contributed by atoms with van der Waals surface area (Å²) in [5.74, 6) is 0.000701. The molecule has 0 bridgehead atoms. The van der Waals surface area contributed by atoms with Gasteiger partial charge in [0.2, 0.25) is 11.8 Å². The van der Waals surface area contributed by atoms with E-state index in [-0.39, 0.29) is 17.7 Å². The van der Waals surface area contributed by atoms with Crippen molar-refractivity contribution in [3.8, 4) is 0 Å². The van der Waals surface area contributed by atoms with Gasteiger partial charge in [-0.05, 0) is 19.3 Å². The average Bonchev–Trinajstić information content (AvgIpc) is 2.94. The Labute approximate surface area is 129 Å². The smallest absolute Gasteiger partial charge is 0.231 e. The molecule has 0 aliphatic carbocycles. The van der Waals surface area contributed by atoms with Crippen LogP contribution in [0.15, 0.2) is 5.38 Å². The molecule has 0 spiro atoms. The number of carbonyl (C=O) groups is 2. The number of hydrogen-bond donors (Lipinski definition) is 1. The molecule has 1 fully saturated rings. The Morgan fingerprint density at radius 1 is 1.48 bits per heavy atom. The fraction of sp³-hybridized carbons (Fsp3) is 0.667. The first-order valence-corrected chi connectivity index (χ1v) is 8.55. The third kappa shape index (κ3) is 4.27. The van der Waals surface area contributed by atoms with E-state index >= 15 is 0 Å². The molecule has 0 aromatic carbocycles. The van der Waals surface area contributed by atoms with Crippen molar-refractivity contribution in [1.82, 2.24) is 9.88 Å². The van der Waals surface area contributed by atoms with E-state index in [9.17, 15) is 9.59 Å². The Kier molecular flexibility index (Phi) is 5.73. The van der Waals surface area contributed by atoms with Gasteiger partial charge in [-0.15, -0.1) is 11.3 Å². The van der Waals surface area contributed by atoms with Gasteiger partial charge in [-0.1, -0.05) is 20.3 Å². The van der Waals surface area contributed by atoms with Gasteiger partial charge in [0.15, 0.2) is 5.13 Å². The molecule has 1 aromatic heterocycles. The summed E-state index contributed by atoms with van der Waals surface area (Å²) in [4.78, 5) is 30.3. The lowest BCUT2D eigenvalue weighted by atomic mass is 9.97. The zero-order chi connectivity index (χ0) is 15.2. The number of aromatic nitrogens is 1. The van der Waals surface area contributed by atoms with Crippen molar-refractivity contribution in [2.75, 3.05) is 18.4 Å². The summed E-state index contributed by atoms with van der Waals surface area (Å²) in [6.07, 6.45) is 4.22. The van der Waals surface area contributed by atoms with E-state index < -0.39 is 0 Å². The van der Waals surface area contributed by atoms with Crippen molar-refractivity contribution in [2.24, 2.45) is 5.92 Å². The number of rotatable bonds is 5. The van der Waals surface area contributed by atoms with Gasteiger partial charge in [0.1, 0.15) is 0 Å². The molecule has 5 nitrogen and oxygen atoms in total. The van der Waals surface area contributed by atoms with Crippen LogP contribution >= 0.6 is 11.3 Å². The number of anilines is 1. The highest BCUT2D eigenvalue weighted by atomic mass is 32.1. The van der Waals surface area contributed by atoms with E-state index in [0.717, 1.165) is 37.9 Å². The number of hydrogen-bond acceptors (Lipinski definition) is 4. The van der Waals surface area contributed by atoms with Crippen LogP contribution in [-0.2, 0) is 16.0 Å². The number of likely N-dealkylation sites (tertiary alicyclic amines) is 1. The Balaban J connectivity index is 1.91. The molecule has 1 saturated heterocycles. The molecular formula is C15H23N3O2S. The number of carbonyl (C=O) groups excluding carboxylic acids is 2. The molecule has 1 aromatic rings. The number of nitrogens with zero attached hydrogens (tertiary/aromatic N) is 2. The molecule has 0 unspecified atom stereocenters. The number of aryl methyl sites for hydroxylation is 1. The van der Waals surface area contributed by atoms with Gasteiger partial charge in [-0.25, -0.2) is 4.98 Å². The van der Waals surface area contributed by atoms with E-state index in [2.05, 4.69) is 17.2 Å². The minimum absolute atomic E-state index is 0.0130. The minimum atomic E-state index is -0.118. The van der Waals surface area contributed by atoms with Crippen LogP contribution in [0.4, 0.5) is 5.13 Å². The van der Waals surface area contributed by atoms with Crippen molar-refractivity contribution in [3.63, 3.8) is 0 Å². The van der Waals surface area contributed by atoms with Crippen LogP contribution in [0.5, 0.6) is 0 Å². The monoisotopic (exact) mass is 309 g/mol. The molecule has 2 heterocycles. The summed E-state index contributed by atoms with van der Waals surface area (Å²) in [5.41, 5.74) is 1.03. The van der Waals surface area contributed by atoms with Crippen molar-refractivity contribution < 1.29 is 9.59 Å². The maximum absolute atomic E-state index is 12.3. The fourth-order valence-corrected chi connectivity index (χ4v) is 3.33. The lowest BCUT2D eigenvalue weighted by Crippen LogP contribution is -2.43. The van der Waals surface area contributed by atoms with Gasteiger partial charge < -0.3 is 10.2 Å². The molecular weight excluding hydrogens is 286 g/mol. The van der Waals surface area contributed by atoms with Gasteiger partial charge in [0.05, 0.1) is 11.6 Å². The topological polar surface area (TPSA) is 62.3 Å². The molecule has 1 N–H and O–H groups in total. The largest absolute Gasteiger partial charge is 0.342 e. The molecule has 1 atom stereocenters. The number of thiazole rings is 1. The van der Waals surface area contributed by atoms with Crippen LogP contribution in [0.25, 0.3) is 0 Å². The summed E-state index contributed by atoms with van der Waals surface area (Å²) in [6, 6.07) is 0. The van der Waals surface area contributed by atoms with Crippen LogP contribution in [0.1, 0.15) is 45.2 Å². The van der Waals surface area contributed by atoms with E-state index in [1.54, 1.807) is 4.90 Å². The molecule has 6 heteroatoms. The molecule has 21 heavy (non-hydrogen) atoms. The van der Waals surface area contributed by atoms with E-state index in [1.165, 1.54) is 11.3 Å². The third-order valence-corrected chi connectivity index (χ3v) is 4.54. The summed E-state index contributed by atoms with van der Waals surface area (Å²) in [6.45, 7) is 5.27. The number of piperidine rings is 1. The average molecular weight is 309 g/mol. The summed E-state index contributed by atoms with van der Waals surface area (Å²) in [7, 11) is 0. The highest BCUT2D eigenvalue weighted by Gasteiger charge is 2.28. The molecule has 1 aliphatic rings. The predicted molar refractivity (Wildman–Crippen MR) is 84.3 cm³/mol.